The molecule has 0 aliphatic heterocycles. The zero-order valence-corrected chi connectivity index (χ0v) is 17.1. The molecule has 0 radical (unpaired) electrons. The van der Waals surface area contributed by atoms with Gasteiger partial charge in [0, 0.05) is 0 Å². The van der Waals surface area contributed by atoms with E-state index < -0.39 is 17.5 Å². The first-order valence-corrected chi connectivity index (χ1v) is 11.3. The smallest absolute Gasteiger partial charge is 0.194 e. The molecule has 0 bridgehead atoms. The molecule has 0 heterocycles. The lowest BCUT2D eigenvalue weighted by Crippen LogP contribution is -2.13. The summed E-state index contributed by atoms with van der Waals surface area (Å²) >= 11 is 0. The van der Waals surface area contributed by atoms with E-state index in [0.29, 0.717) is 17.0 Å². The molecule has 2 aromatic carbocycles. The Morgan fingerprint density at radius 1 is 0.655 bits per heavy atom. The van der Waals surface area contributed by atoms with Crippen LogP contribution >= 0.6 is 0 Å². The third kappa shape index (κ3) is 5.05. The molecule has 2 aliphatic rings. The van der Waals surface area contributed by atoms with Crippen LogP contribution in [0.1, 0.15) is 82.1 Å². The molecule has 0 unspecified atom stereocenters. The van der Waals surface area contributed by atoms with Crippen molar-refractivity contribution >= 4 is 0 Å². The monoisotopic (exact) mass is 400 g/mol. The summed E-state index contributed by atoms with van der Waals surface area (Å²) in [5.41, 5.74) is 2.40. The van der Waals surface area contributed by atoms with E-state index in [-0.39, 0.29) is 0 Å². The van der Waals surface area contributed by atoms with Crippen LogP contribution in [-0.2, 0) is 0 Å². The molecule has 156 valence electrons. The average molecular weight is 401 g/mol. The molecule has 4 rings (SSSR count). The number of rotatable bonds is 6. The molecule has 0 saturated heterocycles. The van der Waals surface area contributed by atoms with Gasteiger partial charge in [0.25, 0.3) is 0 Å². The number of halogens is 3. The maximum atomic E-state index is 13.5. The van der Waals surface area contributed by atoms with Crippen molar-refractivity contribution in [1.29, 1.82) is 0 Å². The van der Waals surface area contributed by atoms with Crippen molar-refractivity contribution in [1.82, 2.24) is 0 Å². The van der Waals surface area contributed by atoms with Crippen LogP contribution in [0.5, 0.6) is 0 Å². The van der Waals surface area contributed by atoms with E-state index in [1.165, 1.54) is 76.2 Å². The molecule has 29 heavy (non-hydrogen) atoms. The highest BCUT2D eigenvalue weighted by atomic mass is 19.2. The Morgan fingerprint density at radius 2 is 1.21 bits per heavy atom. The van der Waals surface area contributed by atoms with Gasteiger partial charge in [-0.05, 0) is 72.3 Å². The number of benzene rings is 2. The second kappa shape index (κ2) is 9.36. The summed E-state index contributed by atoms with van der Waals surface area (Å²) < 4.78 is 40.2. The fraction of sp³-hybridized carbons (Fsp3) is 0.538. The van der Waals surface area contributed by atoms with E-state index in [9.17, 15) is 13.2 Å². The lowest BCUT2D eigenvalue weighted by atomic mass is 9.76. The quantitative estimate of drug-likeness (QED) is 0.427. The molecule has 2 saturated carbocycles. The van der Waals surface area contributed by atoms with Crippen molar-refractivity contribution in [3.63, 3.8) is 0 Å². The van der Waals surface area contributed by atoms with E-state index in [1.807, 2.05) is 12.1 Å². The summed E-state index contributed by atoms with van der Waals surface area (Å²) in [6.07, 6.45) is 15.1. The minimum Gasteiger partial charge on any atom is -0.204 e. The lowest BCUT2D eigenvalue weighted by molar-refractivity contribution is 0.295. The molecule has 0 atom stereocenters. The molecular formula is C26H31F3. The van der Waals surface area contributed by atoms with Gasteiger partial charge in [-0.3, -0.25) is 0 Å². The maximum absolute atomic E-state index is 13.5. The van der Waals surface area contributed by atoms with Crippen molar-refractivity contribution < 1.29 is 13.2 Å². The second-order valence-corrected chi connectivity index (χ2v) is 9.17. The van der Waals surface area contributed by atoms with Crippen LogP contribution in [-0.4, -0.2) is 0 Å². The molecule has 2 aromatic rings. The molecule has 2 fully saturated rings. The van der Waals surface area contributed by atoms with Gasteiger partial charge in [0.2, 0.25) is 0 Å². The van der Waals surface area contributed by atoms with Crippen molar-refractivity contribution in [2.24, 2.45) is 11.8 Å². The Kier molecular flexibility index (Phi) is 6.62. The Bertz CT molecular complexity index is 774. The lowest BCUT2D eigenvalue weighted by Gasteiger charge is -2.29. The largest absolute Gasteiger partial charge is 0.204 e. The zero-order chi connectivity index (χ0) is 20.2. The van der Waals surface area contributed by atoms with Gasteiger partial charge in [-0.25, -0.2) is 13.2 Å². The summed E-state index contributed by atoms with van der Waals surface area (Å²) in [5.74, 6) is -1.22. The van der Waals surface area contributed by atoms with Crippen molar-refractivity contribution in [2.45, 2.75) is 76.5 Å². The van der Waals surface area contributed by atoms with Gasteiger partial charge in [0.1, 0.15) is 0 Å². The summed E-state index contributed by atoms with van der Waals surface area (Å²) in [7, 11) is 0. The van der Waals surface area contributed by atoms with Crippen molar-refractivity contribution in [3.05, 3.63) is 59.4 Å². The van der Waals surface area contributed by atoms with Crippen LogP contribution in [0.25, 0.3) is 11.1 Å². The molecule has 2 aliphatic carbocycles. The fourth-order valence-corrected chi connectivity index (χ4v) is 5.45. The summed E-state index contributed by atoms with van der Waals surface area (Å²) in [4.78, 5) is 0. The van der Waals surface area contributed by atoms with Crippen molar-refractivity contribution in [2.75, 3.05) is 0 Å². The van der Waals surface area contributed by atoms with Crippen LogP contribution in [0.3, 0.4) is 0 Å². The average Bonchev–Trinajstić information content (AvgIpc) is 3.26. The standard InChI is InChI=1S/C26H31F3/c27-24-16-23(17-25(28)26(24)29)22-14-12-21(13-15-22)20-10-8-19(9-11-20)7-3-6-18-4-1-2-5-18/h12-20H,1-11H2/t19-,20-. The first-order chi connectivity index (χ1) is 14.1. The molecular weight excluding hydrogens is 369 g/mol. The molecule has 0 spiro atoms. The molecule has 0 aromatic heterocycles. The predicted molar refractivity (Wildman–Crippen MR) is 112 cm³/mol. The SMILES string of the molecule is Fc1cc(-c2ccc([C@H]3CC[C@H](CCCC4CCCC4)CC3)cc2)cc(F)c1F. The second-order valence-electron chi connectivity index (χ2n) is 9.17. The van der Waals surface area contributed by atoms with E-state index >= 15 is 0 Å². The highest BCUT2D eigenvalue weighted by Crippen LogP contribution is 2.39. The van der Waals surface area contributed by atoms with Gasteiger partial charge in [-0.1, -0.05) is 69.2 Å². The highest BCUT2D eigenvalue weighted by Gasteiger charge is 2.23. The van der Waals surface area contributed by atoms with Crippen LogP contribution in [0.15, 0.2) is 36.4 Å². The summed E-state index contributed by atoms with van der Waals surface area (Å²) in [6, 6.07) is 10.1. The molecule has 0 amide bonds. The number of hydrogen-bond acceptors (Lipinski definition) is 0. The maximum Gasteiger partial charge on any atom is 0.194 e. The van der Waals surface area contributed by atoms with Gasteiger partial charge >= 0.3 is 0 Å². The summed E-state index contributed by atoms with van der Waals surface area (Å²) in [6.45, 7) is 0. The minimum atomic E-state index is -1.41. The van der Waals surface area contributed by atoms with Crippen LogP contribution in [0.2, 0.25) is 0 Å². The Labute approximate surface area is 172 Å². The van der Waals surface area contributed by atoms with Gasteiger partial charge in [0.05, 0.1) is 0 Å². The van der Waals surface area contributed by atoms with Crippen LogP contribution < -0.4 is 0 Å². The van der Waals surface area contributed by atoms with Crippen LogP contribution in [0, 0.1) is 29.3 Å². The number of hydrogen-bond donors (Lipinski definition) is 0. The Morgan fingerprint density at radius 3 is 1.79 bits per heavy atom. The Hall–Kier alpha value is -1.77. The third-order valence-electron chi connectivity index (χ3n) is 7.25. The highest BCUT2D eigenvalue weighted by molar-refractivity contribution is 5.64. The van der Waals surface area contributed by atoms with Gasteiger partial charge in [-0.2, -0.15) is 0 Å². The van der Waals surface area contributed by atoms with Gasteiger partial charge in [0.15, 0.2) is 17.5 Å². The predicted octanol–water partition coefficient (Wildman–Crippen LogP) is 8.41. The first kappa shape index (κ1) is 20.5. The topological polar surface area (TPSA) is 0 Å². The third-order valence-corrected chi connectivity index (χ3v) is 7.25. The normalized spacial score (nSPS) is 22.9. The van der Waals surface area contributed by atoms with E-state index in [2.05, 4.69) is 12.1 Å². The van der Waals surface area contributed by atoms with E-state index in [0.717, 1.165) is 24.0 Å². The Balaban J connectivity index is 1.29. The fourth-order valence-electron chi connectivity index (χ4n) is 5.45. The first-order valence-electron chi connectivity index (χ1n) is 11.3. The minimum absolute atomic E-state index is 0.374. The summed E-state index contributed by atoms with van der Waals surface area (Å²) in [5, 5.41) is 0. The van der Waals surface area contributed by atoms with E-state index in [4.69, 9.17) is 0 Å². The van der Waals surface area contributed by atoms with Gasteiger partial charge < -0.3 is 0 Å². The molecule has 0 N–H and O–H groups in total. The van der Waals surface area contributed by atoms with Crippen molar-refractivity contribution in [3.8, 4) is 11.1 Å². The van der Waals surface area contributed by atoms with Gasteiger partial charge in [-0.15, -0.1) is 0 Å². The van der Waals surface area contributed by atoms with E-state index in [1.54, 1.807) is 0 Å². The molecule has 3 heteroatoms. The van der Waals surface area contributed by atoms with Crippen LogP contribution in [0.4, 0.5) is 13.2 Å². The zero-order valence-electron chi connectivity index (χ0n) is 17.1. The molecule has 0 nitrogen and oxygen atoms in total.